The smallest absolute Gasteiger partial charge is 0.314 e. The minimum Gasteiger partial charge on any atom is -0.314 e. The topological polar surface area (TPSA) is 15.3 Å². The van der Waals surface area contributed by atoms with Gasteiger partial charge in [-0.3, -0.25) is 4.90 Å². The predicted octanol–water partition coefficient (Wildman–Crippen LogP) is 4.11. The lowest BCUT2D eigenvalue weighted by Gasteiger charge is -2.35. The summed E-state index contributed by atoms with van der Waals surface area (Å²) in [6.07, 6.45) is -4.99. The van der Waals surface area contributed by atoms with Crippen molar-refractivity contribution in [3.8, 4) is 0 Å². The molecule has 0 aromatic heterocycles. The quantitative estimate of drug-likeness (QED) is 0.799. The van der Waals surface area contributed by atoms with Gasteiger partial charge in [-0.25, -0.2) is 0 Å². The molecule has 0 radical (unpaired) electrons. The third-order valence-corrected chi connectivity index (χ3v) is 5.23. The lowest BCUT2D eigenvalue weighted by atomic mass is 10.0. The first-order chi connectivity index (χ1) is 9.37. The van der Waals surface area contributed by atoms with E-state index in [1.54, 1.807) is 18.2 Å². The highest BCUT2D eigenvalue weighted by Gasteiger charge is 2.36. The lowest BCUT2D eigenvalue weighted by Crippen LogP contribution is -2.46. The molecule has 0 aliphatic carbocycles. The van der Waals surface area contributed by atoms with Crippen molar-refractivity contribution >= 4 is 31.9 Å². The summed E-state index contributed by atoms with van der Waals surface area (Å²) in [6, 6.07) is 4.68. The predicted molar refractivity (Wildman–Crippen MR) is 79.7 cm³/mol. The van der Waals surface area contributed by atoms with Crippen LogP contribution in [0.1, 0.15) is 18.0 Å². The van der Waals surface area contributed by atoms with Crippen LogP contribution in [-0.4, -0.2) is 37.3 Å². The number of hydrogen-bond donors (Lipinski definition) is 1. The molecule has 1 aromatic carbocycles. The van der Waals surface area contributed by atoms with E-state index < -0.39 is 18.6 Å². The Morgan fingerprint density at radius 3 is 2.35 bits per heavy atom. The number of nitrogens with zero attached hydrogens (tertiary/aromatic N) is 1. The molecule has 7 heteroatoms. The third kappa shape index (κ3) is 4.44. The maximum absolute atomic E-state index is 12.9. The molecule has 0 spiro atoms. The molecule has 112 valence electrons. The maximum atomic E-state index is 12.9. The van der Waals surface area contributed by atoms with E-state index in [1.807, 2.05) is 4.90 Å². The highest BCUT2D eigenvalue weighted by molar-refractivity contribution is 9.13. The Labute approximate surface area is 133 Å². The number of piperazine rings is 1. The molecular weight excluding hydrogens is 401 g/mol. The Kier molecular flexibility index (Phi) is 5.50. The molecule has 0 amide bonds. The van der Waals surface area contributed by atoms with Gasteiger partial charge in [0.15, 0.2) is 0 Å². The Hall–Kier alpha value is -0.110. The second-order valence-corrected chi connectivity index (χ2v) is 6.50. The van der Waals surface area contributed by atoms with Gasteiger partial charge in [0.1, 0.15) is 0 Å². The van der Waals surface area contributed by atoms with E-state index in [1.165, 1.54) is 0 Å². The molecule has 1 aliphatic rings. The number of alkyl halides is 3. The summed E-state index contributed by atoms with van der Waals surface area (Å²) in [5, 5.41) is 3.16. The van der Waals surface area contributed by atoms with Crippen molar-refractivity contribution in [1.82, 2.24) is 10.2 Å². The second kappa shape index (κ2) is 6.77. The van der Waals surface area contributed by atoms with Crippen LogP contribution in [0.5, 0.6) is 0 Å². The summed E-state index contributed by atoms with van der Waals surface area (Å²) in [4.78, 5) is 1.90. The molecule has 2 rings (SSSR count). The first-order valence-electron chi connectivity index (χ1n) is 6.33. The van der Waals surface area contributed by atoms with Crippen LogP contribution in [0.25, 0.3) is 0 Å². The molecule has 1 aliphatic heterocycles. The fraction of sp³-hybridized carbons (Fsp3) is 0.538. The summed E-state index contributed by atoms with van der Waals surface area (Å²) < 4.78 is 40.2. The van der Waals surface area contributed by atoms with Crippen molar-refractivity contribution in [3.63, 3.8) is 0 Å². The van der Waals surface area contributed by atoms with Crippen LogP contribution < -0.4 is 5.32 Å². The Morgan fingerprint density at radius 1 is 1.15 bits per heavy atom. The van der Waals surface area contributed by atoms with Crippen molar-refractivity contribution in [2.24, 2.45) is 0 Å². The molecule has 2 nitrogen and oxygen atoms in total. The minimum absolute atomic E-state index is 0.624. The van der Waals surface area contributed by atoms with Crippen molar-refractivity contribution in [3.05, 3.63) is 32.7 Å². The first-order valence-corrected chi connectivity index (χ1v) is 7.92. The van der Waals surface area contributed by atoms with Gasteiger partial charge in [0.05, 0.1) is 6.42 Å². The van der Waals surface area contributed by atoms with Gasteiger partial charge in [0.25, 0.3) is 0 Å². The number of hydrogen-bond acceptors (Lipinski definition) is 2. The van der Waals surface area contributed by atoms with Crippen molar-refractivity contribution in [2.75, 3.05) is 26.2 Å². The summed E-state index contributed by atoms with van der Waals surface area (Å²) in [5.41, 5.74) is 0.694. The zero-order valence-electron chi connectivity index (χ0n) is 10.7. The lowest BCUT2D eigenvalue weighted by molar-refractivity contribution is -0.148. The van der Waals surface area contributed by atoms with Crippen molar-refractivity contribution in [1.29, 1.82) is 0 Å². The average molecular weight is 416 g/mol. The van der Waals surface area contributed by atoms with Gasteiger partial charge in [0, 0.05) is 41.2 Å². The van der Waals surface area contributed by atoms with Gasteiger partial charge in [-0.2, -0.15) is 13.2 Å². The SMILES string of the molecule is FC(F)(F)C[C@H](c1ccc(Br)c(Br)c1)N1CCNCC1. The van der Waals surface area contributed by atoms with Crippen LogP contribution in [0.2, 0.25) is 0 Å². The molecule has 1 N–H and O–H groups in total. The van der Waals surface area contributed by atoms with Gasteiger partial charge in [-0.05, 0) is 49.6 Å². The Bertz CT molecular complexity index is 459. The Morgan fingerprint density at radius 2 is 1.80 bits per heavy atom. The van der Waals surface area contributed by atoms with Crippen LogP contribution in [0.4, 0.5) is 13.2 Å². The number of nitrogens with one attached hydrogen (secondary N) is 1. The molecule has 1 atom stereocenters. The van der Waals surface area contributed by atoms with E-state index in [0.717, 1.165) is 22.0 Å². The zero-order valence-corrected chi connectivity index (χ0v) is 13.9. The van der Waals surface area contributed by atoms with Crippen molar-refractivity contribution < 1.29 is 13.2 Å². The fourth-order valence-electron chi connectivity index (χ4n) is 2.39. The van der Waals surface area contributed by atoms with E-state index in [4.69, 9.17) is 0 Å². The van der Waals surface area contributed by atoms with Gasteiger partial charge >= 0.3 is 6.18 Å². The van der Waals surface area contributed by atoms with Crippen molar-refractivity contribution in [2.45, 2.75) is 18.6 Å². The maximum Gasteiger partial charge on any atom is 0.390 e. The van der Waals surface area contributed by atoms with E-state index in [-0.39, 0.29) is 0 Å². The molecule has 1 heterocycles. The Balaban J connectivity index is 2.26. The van der Waals surface area contributed by atoms with Crippen LogP contribution in [-0.2, 0) is 0 Å². The minimum atomic E-state index is -4.17. The first kappa shape index (κ1) is 16.3. The zero-order chi connectivity index (χ0) is 14.8. The average Bonchev–Trinajstić information content (AvgIpc) is 2.39. The van der Waals surface area contributed by atoms with Gasteiger partial charge in [-0.15, -0.1) is 0 Å². The normalized spacial score (nSPS) is 19.1. The van der Waals surface area contributed by atoms with E-state index in [9.17, 15) is 13.2 Å². The second-order valence-electron chi connectivity index (χ2n) is 4.79. The standard InChI is InChI=1S/C13H15Br2F3N2/c14-10-2-1-9(7-11(10)15)12(8-13(16,17)18)20-5-3-19-4-6-20/h1-2,7,12,19H,3-6,8H2/t12-/m1/s1. The molecule has 1 aromatic rings. The highest BCUT2D eigenvalue weighted by Crippen LogP contribution is 2.36. The van der Waals surface area contributed by atoms with Crippen LogP contribution in [0.15, 0.2) is 27.1 Å². The number of halogens is 5. The van der Waals surface area contributed by atoms with Gasteiger partial charge < -0.3 is 5.32 Å². The molecular formula is C13H15Br2F3N2. The molecule has 1 fully saturated rings. The monoisotopic (exact) mass is 414 g/mol. The summed E-state index contributed by atoms with van der Waals surface area (Å²) in [5.74, 6) is 0. The van der Waals surface area contributed by atoms with Crippen LogP contribution >= 0.6 is 31.9 Å². The molecule has 0 unspecified atom stereocenters. The highest BCUT2D eigenvalue weighted by atomic mass is 79.9. The summed E-state index contributed by atoms with van der Waals surface area (Å²) in [7, 11) is 0. The molecule has 0 saturated carbocycles. The van der Waals surface area contributed by atoms with Gasteiger partial charge in [0.2, 0.25) is 0 Å². The molecule has 1 saturated heterocycles. The third-order valence-electron chi connectivity index (χ3n) is 3.35. The van der Waals surface area contributed by atoms with Gasteiger partial charge in [-0.1, -0.05) is 6.07 Å². The summed E-state index contributed by atoms with van der Waals surface area (Å²) >= 11 is 6.70. The van der Waals surface area contributed by atoms with Crippen LogP contribution in [0.3, 0.4) is 0 Å². The van der Waals surface area contributed by atoms with E-state index in [0.29, 0.717) is 18.7 Å². The van der Waals surface area contributed by atoms with E-state index >= 15 is 0 Å². The molecule has 20 heavy (non-hydrogen) atoms. The largest absolute Gasteiger partial charge is 0.390 e. The fourth-order valence-corrected chi connectivity index (χ4v) is 3.03. The number of benzene rings is 1. The molecule has 0 bridgehead atoms. The summed E-state index contributed by atoms with van der Waals surface area (Å²) in [6.45, 7) is 2.72. The number of rotatable bonds is 3. The van der Waals surface area contributed by atoms with Crippen LogP contribution in [0, 0.1) is 0 Å². The van der Waals surface area contributed by atoms with E-state index in [2.05, 4.69) is 37.2 Å².